The SMILES string of the molecule is CC1=C2C[C@](O)(C(C)(C)O[C@@H]3O[C@H](CO)[C@@H](O)[C@H](O)[C@H]3O)CC[C@H](C)[C@H]2CC1=O. The minimum atomic E-state index is -1.55. The number of carbonyl (C=O) groups is 1. The van der Waals surface area contributed by atoms with Gasteiger partial charge in [-0.2, -0.15) is 0 Å². The maximum Gasteiger partial charge on any atom is 0.187 e. The van der Waals surface area contributed by atoms with Gasteiger partial charge in [-0.25, -0.2) is 0 Å². The predicted octanol–water partition coefficient (Wildman–Crippen LogP) is 0.0381. The third-order valence-electron chi connectivity index (χ3n) is 7.32. The molecular weight excluding hydrogens is 380 g/mol. The summed E-state index contributed by atoms with van der Waals surface area (Å²) in [5, 5.41) is 51.3. The van der Waals surface area contributed by atoms with E-state index in [1.165, 1.54) is 0 Å². The molecule has 29 heavy (non-hydrogen) atoms. The number of Topliss-reactive ketones (excluding diaryl/α,β-unsaturated/α-hetero) is 1. The molecule has 1 saturated heterocycles. The lowest BCUT2D eigenvalue weighted by Gasteiger charge is -2.48. The number of ketones is 1. The number of aliphatic hydroxyl groups is 5. The Hall–Kier alpha value is -0.870. The summed E-state index contributed by atoms with van der Waals surface area (Å²) in [5.74, 6) is 0.497. The van der Waals surface area contributed by atoms with Crippen molar-refractivity contribution in [2.75, 3.05) is 6.61 Å². The fourth-order valence-electron chi connectivity index (χ4n) is 4.89. The fourth-order valence-corrected chi connectivity index (χ4v) is 4.89. The Balaban J connectivity index is 1.85. The molecular formula is C21H34O8. The quantitative estimate of drug-likeness (QED) is 0.435. The molecule has 2 aliphatic carbocycles. The van der Waals surface area contributed by atoms with Crippen molar-refractivity contribution in [1.29, 1.82) is 0 Å². The Labute approximate surface area is 171 Å². The number of rotatable bonds is 4. The van der Waals surface area contributed by atoms with Gasteiger partial charge < -0.3 is 35.0 Å². The number of hydrogen-bond donors (Lipinski definition) is 5. The summed E-state index contributed by atoms with van der Waals surface area (Å²) >= 11 is 0. The van der Waals surface area contributed by atoms with Gasteiger partial charge in [-0.05, 0) is 51.0 Å². The van der Waals surface area contributed by atoms with Gasteiger partial charge in [0.15, 0.2) is 12.1 Å². The lowest BCUT2D eigenvalue weighted by atomic mass is 9.77. The lowest BCUT2D eigenvalue weighted by molar-refractivity contribution is -0.341. The van der Waals surface area contributed by atoms with Gasteiger partial charge in [-0.3, -0.25) is 4.79 Å². The number of allylic oxidation sites excluding steroid dienone is 1. The van der Waals surface area contributed by atoms with Crippen LogP contribution in [-0.4, -0.2) is 79.8 Å². The van der Waals surface area contributed by atoms with Crippen LogP contribution in [0.3, 0.4) is 0 Å². The molecule has 0 radical (unpaired) electrons. The van der Waals surface area contributed by atoms with Gasteiger partial charge in [0.1, 0.15) is 24.4 Å². The fraction of sp³-hybridized carbons (Fsp3) is 0.857. The van der Waals surface area contributed by atoms with Crippen LogP contribution >= 0.6 is 0 Å². The molecule has 0 unspecified atom stereocenters. The first-order valence-corrected chi connectivity index (χ1v) is 10.4. The second-order valence-corrected chi connectivity index (χ2v) is 9.43. The van der Waals surface area contributed by atoms with Crippen molar-refractivity contribution in [3.05, 3.63) is 11.1 Å². The first-order valence-electron chi connectivity index (χ1n) is 10.4. The molecule has 0 aromatic carbocycles. The molecule has 0 aromatic rings. The Kier molecular flexibility index (Phi) is 6.29. The van der Waals surface area contributed by atoms with Crippen molar-refractivity contribution in [2.24, 2.45) is 11.8 Å². The zero-order valence-corrected chi connectivity index (χ0v) is 17.5. The zero-order chi connectivity index (χ0) is 21.7. The van der Waals surface area contributed by atoms with E-state index < -0.39 is 48.5 Å². The van der Waals surface area contributed by atoms with E-state index in [1.807, 2.05) is 6.92 Å². The van der Waals surface area contributed by atoms with Crippen LogP contribution in [0.1, 0.15) is 53.4 Å². The second kappa shape index (κ2) is 8.00. The van der Waals surface area contributed by atoms with Gasteiger partial charge in [0.25, 0.3) is 0 Å². The molecule has 1 saturated carbocycles. The van der Waals surface area contributed by atoms with Crippen molar-refractivity contribution >= 4 is 5.78 Å². The molecule has 8 atom stereocenters. The Morgan fingerprint density at radius 2 is 1.86 bits per heavy atom. The first kappa shape index (κ1) is 22.8. The highest BCUT2D eigenvalue weighted by atomic mass is 16.7. The highest BCUT2D eigenvalue weighted by Gasteiger charge is 2.53. The maximum absolute atomic E-state index is 12.3. The van der Waals surface area contributed by atoms with Crippen LogP contribution in [0.5, 0.6) is 0 Å². The van der Waals surface area contributed by atoms with E-state index in [4.69, 9.17) is 9.47 Å². The summed E-state index contributed by atoms with van der Waals surface area (Å²) in [5.41, 5.74) is -0.844. The van der Waals surface area contributed by atoms with E-state index in [-0.39, 0.29) is 24.0 Å². The highest BCUT2D eigenvalue weighted by molar-refractivity contribution is 5.98. The topological polar surface area (TPSA) is 137 Å². The van der Waals surface area contributed by atoms with E-state index in [2.05, 4.69) is 6.92 Å². The van der Waals surface area contributed by atoms with Crippen LogP contribution in [0.15, 0.2) is 11.1 Å². The molecule has 8 nitrogen and oxygen atoms in total. The number of carbonyl (C=O) groups excluding carboxylic acids is 1. The van der Waals surface area contributed by atoms with Crippen molar-refractivity contribution in [3.8, 4) is 0 Å². The number of aliphatic hydroxyl groups excluding tert-OH is 4. The summed E-state index contributed by atoms with van der Waals surface area (Å²) in [6.07, 6.45) is -5.06. The molecule has 1 aliphatic heterocycles. The van der Waals surface area contributed by atoms with Crippen LogP contribution in [0, 0.1) is 11.8 Å². The van der Waals surface area contributed by atoms with Crippen LogP contribution in [0.2, 0.25) is 0 Å². The van der Waals surface area contributed by atoms with Gasteiger partial charge in [0.05, 0.1) is 17.8 Å². The molecule has 5 N–H and O–H groups in total. The molecule has 3 aliphatic rings. The summed E-state index contributed by atoms with van der Waals surface area (Å²) in [4.78, 5) is 12.3. The molecule has 0 bridgehead atoms. The summed E-state index contributed by atoms with van der Waals surface area (Å²) in [6, 6.07) is 0. The standard InChI is InChI=1S/C21H34O8/c1-10-5-6-21(27,8-13-11(2)14(23)7-12(10)13)20(3,4)29-19-18(26)17(25)16(24)15(9-22)28-19/h10,12,15-19,22,24-27H,5-9H2,1-4H3/t10-,12+,15+,16+,17-,18+,19-,21-/m0/s1. The maximum atomic E-state index is 12.3. The lowest BCUT2D eigenvalue weighted by Crippen LogP contribution is -2.63. The number of ether oxygens (including phenoxy) is 2. The van der Waals surface area contributed by atoms with E-state index in [9.17, 15) is 30.3 Å². The Morgan fingerprint density at radius 3 is 2.48 bits per heavy atom. The zero-order valence-electron chi connectivity index (χ0n) is 17.5. The molecule has 166 valence electrons. The van der Waals surface area contributed by atoms with Crippen LogP contribution < -0.4 is 0 Å². The second-order valence-electron chi connectivity index (χ2n) is 9.43. The van der Waals surface area contributed by atoms with Gasteiger partial charge in [-0.15, -0.1) is 0 Å². The minimum absolute atomic E-state index is 0.119. The van der Waals surface area contributed by atoms with Crippen molar-refractivity contribution in [3.63, 3.8) is 0 Å². The molecule has 8 heteroatoms. The molecule has 0 amide bonds. The first-order chi connectivity index (χ1) is 13.4. The van der Waals surface area contributed by atoms with Gasteiger partial charge in [0, 0.05) is 12.8 Å². The minimum Gasteiger partial charge on any atom is -0.394 e. The monoisotopic (exact) mass is 414 g/mol. The Morgan fingerprint density at radius 1 is 1.21 bits per heavy atom. The normalized spacial score (nSPS) is 44.0. The van der Waals surface area contributed by atoms with Crippen molar-refractivity contribution in [2.45, 2.75) is 95.3 Å². The molecule has 2 fully saturated rings. The molecule has 0 aromatic heterocycles. The smallest absolute Gasteiger partial charge is 0.187 e. The van der Waals surface area contributed by atoms with Gasteiger partial charge in [0.2, 0.25) is 0 Å². The van der Waals surface area contributed by atoms with E-state index in [0.29, 0.717) is 24.8 Å². The third kappa shape index (κ3) is 3.92. The predicted molar refractivity (Wildman–Crippen MR) is 103 cm³/mol. The van der Waals surface area contributed by atoms with Crippen LogP contribution in [-0.2, 0) is 14.3 Å². The average molecular weight is 414 g/mol. The van der Waals surface area contributed by atoms with Crippen molar-refractivity contribution in [1.82, 2.24) is 0 Å². The summed E-state index contributed by atoms with van der Waals surface area (Å²) in [7, 11) is 0. The number of fused-ring (bicyclic) bond motifs is 1. The van der Waals surface area contributed by atoms with Crippen LogP contribution in [0.25, 0.3) is 0 Å². The highest BCUT2D eigenvalue weighted by Crippen LogP contribution is 2.49. The van der Waals surface area contributed by atoms with E-state index >= 15 is 0 Å². The van der Waals surface area contributed by atoms with E-state index in [1.54, 1.807) is 13.8 Å². The largest absolute Gasteiger partial charge is 0.394 e. The van der Waals surface area contributed by atoms with E-state index in [0.717, 1.165) is 5.57 Å². The number of hydrogen-bond acceptors (Lipinski definition) is 8. The molecule has 3 rings (SSSR count). The summed E-state index contributed by atoms with van der Waals surface area (Å²) in [6.45, 7) is 6.72. The average Bonchev–Trinajstić information content (AvgIpc) is 2.86. The van der Waals surface area contributed by atoms with Crippen molar-refractivity contribution < 1.29 is 39.8 Å². The molecule has 0 spiro atoms. The van der Waals surface area contributed by atoms with Gasteiger partial charge >= 0.3 is 0 Å². The van der Waals surface area contributed by atoms with Gasteiger partial charge in [-0.1, -0.05) is 12.5 Å². The van der Waals surface area contributed by atoms with Crippen LogP contribution in [0.4, 0.5) is 0 Å². The molecule has 1 heterocycles. The Bertz CT molecular complexity index is 672. The third-order valence-corrected chi connectivity index (χ3v) is 7.32. The summed E-state index contributed by atoms with van der Waals surface area (Å²) < 4.78 is 11.4.